The van der Waals surface area contributed by atoms with Crippen LogP contribution in [0.2, 0.25) is 0 Å². The van der Waals surface area contributed by atoms with Gasteiger partial charge in [0.25, 0.3) is 11.3 Å². The van der Waals surface area contributed by atoms with E-state index in [9.17, 15) is 9.59 Å². The molecule has 0 spiro atoms. The summed E-state index contributed by atoms with van der Waals surface area (Å²) >= 11 is 0. The van der Waals surface area contributed by atoms with Crippen LogP contribution in [0.4, 0.5) is 5.95 Å². The number of esters is 1. The predicted octanol–water partition coefficient (Wildman–Crippen LogP) is 1.21. The van der Waals surface area contributed by atoms with Crippen molar-refractivity contribution in [2.45, 2.75) is 13.5 Å². The van der Waals surface area contributed by atoms with Crippen LogP contribution in [-0.2, 0) is 11.3 Å². The molecule has 130 valence electrons. The first-order valence-corrected chi connectivity index (χ1v) is 7.64. The van der Waals surface area contributed by atoms with Gasteiger partial charge in [-0.3, -0.25) is 9.89 Å². The van der Waals surface area contributed by atoms with Gasteiger partial charge in [-0.05, 0) is 13.0 Å². The number of carbonyl (C=O) groups excluding carboxylic acids is 1. The Morgan fingerprint density at radius 1 is 1.36 bits per heavy atom. The van der Waals surface area contributed by atoms with E-state index in [0.29, 0.717) is 12.5 Å². The van der Waals surface area contributed by atoms with Crippen LogP contribution in [0.1, 0.15) is 22.8 Å². The van der Waals surface area contributed by atoms with E-state index >= 15 is 0 Å². The summed E-state index contributed by atoms with van der Waals surface area (Å²) in [5.74, 6) is 0.524. The van der Waals surface area contributed by atoms with Crippen LogP contribution in [-0.4, -0.2) is 39.3 Å². The minimum atomic E-state index is -0.715. The molecule has 9 nitrogen and oxygen atoms in total. The molecule has 2 N–H and O–H groups in total. The Labute approximate surface area is 142 Å². The summed E-state index contributed by atoms with van der Waals surface area (Å²) in [6, 6.07) is 7.55. The molecule has 0 unspecified atom stereocenters. The lowest BCUT2D eigenvalue weighted by Crippen LogP contribution is -2.24. The van der Waals surface area contributed by atoms with E-state index in [0.717, 1.165) is 15.8 Å². The first kappa shape index (κ1) is 16.5. The summed E-state index contributed by atoms with van der Waals surface area (Å²) in [7, 11) is 1.60. The van der Waals surface area contributed by atoms with Gasteiger partial charge in [0.05, 0.1) is 19.9 Å². The number of benzene rings is 1. The van der Waals surface area contributed by atoms with Crippen LogP contribution in [0.3, 0.4) is 0 Å². The van der Waals surface area contributed by atoms with E-state index in [1.165, 1.54) is 6.20 Å². The van der Waals surface area contributed by atoms with Gasteiger partial charge in [-0.15, -0.1) is 0 Å². The van der Waals surface area contributed by atoms with Crippen LogP contribution in [0.25, 0.3) is 5.78 Å². The van der Waals surface area contributed by atoms with Crippen molar-refractivity contribution in [2.24, 2.45) is 0 Å². The summed E-state index contributed by atoms with van der Waals surface area (Å²) in [5, 5.41) is 5.84. The Balaban J connectivity index is 1.85. The lowest BCUT2D eigenvalue weighted by Gasteiger charge is -2.08. The van der Waals surface area contributed by atoms with Gasteiger partial charge in [0.1, 0.15) is 11.3 Å². The van der Waals surface area contributed by atoms with Crippen molar-refractivity contribution in [2.75, 3.05) is 19.0 Å². The van der Waals surface area contributed by atoms with E-state index in [2.05, 4.69) is 20.4 Å². The number of aromatic amines is 1. The molecule has 25 heavy (non-hydrogen) atoms. The maximum atomic E-state index is 12.3. The third-order valence-electron chi connectivity index (χ3n) is 3.51. The van der Waals surface area contributed by atoms with E-state index < -0.39 is 11.5 Å². The van der Waals surface area contributed by atoms with Crippen LogP contribution in [0, 0.1) is 0 Å². The average Bonchev–Trinajstić information content (AvgIpc) is 3.04. The molecule has 0 atom stereocenters. The Morgan fingerprint density at radius 3 is 2.92 bits per heavy atom. The maximum Gasteiger partial charge on any atom is 0.345 e. The minimum Gasteiger partial charge on any atom is -0.496 e. The summed E-state index contributed by atoms with van der Waals surface area (Å²) in [4.78, 5) is 32.3. The zero-order chi connectivity index (χ0) is 17.8. The molecule has 2 heterocycles. The number of hydrogen-bond donors (Lipinski definition) is 2. The highest BCUT2D eigenvalue weighted by Gasteiger charge is 2.16. The topological polar surface area (TPSA) is 111 Å². The molecule has 2 aromatic heterocycles. The number of ether oxygens (including phenoxy) is 2. The van der Waals surface area contributed by atoms with Crippen molar-refractivity contribution in [3.63, 3.8) is 0 Å². The SMILES string of the molecule is CCOC(=O)c1cnc2nc(NCc3ccccc3OC)[nH]n2c1=O. The predicted molar refractivity (Wildman–Crippen MR) is 89.9 cm³/mol. The number of anilines is 1. The van der Waals surface area contributed by atoms with E-state index in [1.54, 1.807) is 14.0 Å². The first-order valence-electron chi connectivity index (χ1n) is 7.64. The Morgan fingerprint density at radius 2 is 2.16 bits per heavy atom. The molecule has 0 saturated heterocycles. The number of H-pyrrole nitrogens is 1. The molecule has 0 aliphatic heterocycles. The summed E-state index contributed by atoms with van der Waals surface area (Å²) in [6.07, 6.45) is 1.17. The van der Waals surface area contributed by atoms with Crippen LogP contribution in [0.5, 0.6) is 5.75 Å². The van der Waals surface area contributed by atoms with Gasteiger partial charge in [-0.2, -0.15) is 9.50 Å². The molecule has 3 aromatic rings. The van der Waals surface area contributed by atoms with Crippen LogP contribution in [0.15, 0.2) is 35.3 Å². The van der Waals surface area contributed by atoms with E-state index in [-0.39, 0.29) is 17.9 Å². The van der Waals surface area contributed by atoms with Gasteiger partial charge < -0.3 is 14.8 Å². The Hall–Kier alpha value is -3.36. The highest BCUT2D eigenvalue weighted by atomic mass is 16.5. The highest BCUT2D eigenvalue weighted by Crippen LogP contribution is 2.18. The zero-order valence-corrected chi connectivity index (χ0v) is 13.8. The smallest absolute Gasteiger partial charge is 0.345 e. The summed E-state index contributed by atoms with van der Waals surface area (Å²) < 4.78 is 11.2. The van der Waals surface area contributed by atoms with Crippen LogP contribution < -0.4 is 15.6 Å². The fourth-order valence-corrected chi connectivity index (χ4v) is 2.31. The number of nitrogens with one attached hydrogen (secondary N) is 2. The Bertz CT molecular complexity index is 963. The molecule has 0 bridgehead atoms. The quantitative estimate of drug-likeness (QED) is 0.647. The normalized spacial score (nSPS) is 10.6. The second-order valence-electron chi connectivity index (χ2n) is 5.07. The number of rotatable bonds is 6. The molecule has 3 rings (SSSR count). The monoisotopic (exact) mass is 343 g/mol. The average molecular weight is 343 g/mol. The van der Waals surface area contributed by atoms with E-state index in [4.69, 9.17) is 9.47 Å². The number of hydrogen-bond acceptors (Lipinski definition) is 7. The fourth-order valence-electron chi connectivity index (χ4n) is 2.31. The standard InChI is InChI=1S/C16H17N5O4/c1-3-25-14(23)11-9-18-16-19-15(20-21(16)13(11)22)17-8-10-6-4-5-7-12(10)24-2/h4-7,9H,3,8H2,1-2H3,(H2,17,18,19,20). The molecule has 0 fully saturated rings. The number of carbonyl (C=O) groups is 1. The first-order chi connectivity index (χ1) is 12.1. The second kappa shape index (κ2) is 7.04. The number of fused-ring (bicyclic) bond motifs is 1. The molecule has 0 aliphatic carbocycles. The van der Waals surface area contributed by atoms with Crippen molar-refractivity contribution >= 4 is 17.7 Å². The van der Waals surface area contributed by atoms with Gasteiger partial charge in [0.2, 0.25) is 5.95 Å². The zero-order valence-electron chi connectivity index (χ0n) is 13.8. The molecule has 9 heteroatoms. The van der Waals surface area contributed by atoms with Gasteiger partial charge in [-0.25, -0.2) is 9.78 Å². The fraction of sp³-hybridized carbons (Fsp3) is 0.250. The van der Waals surface area contributed by atoms with E-state index in [1.807, 2.05) is 24.3 Å². The van der Waals surface area contributed by atoms with Crippen molar-refractivity contribution in [1.82, 2.24) is 19.6 Å². The summed E-state index contributed by atoms with van der Waals surface area (Å²) in [6.45, 7) is 2.27. The molecular formula is C16H17N5O4. The third kappa shape index (κ3) is 3.30. The van der Waals surface area contributed by atoms with Crippen molar-refractivity contribution < 1.29 is 14.3 Å². The Kier molecular flexibility index (Phi) is 4.64. The van der Waals surface area contributed by atoms with Crippen molar-refractivity contribution in [3.05, 3.63) is 51.9 Å². The van der Waals surface area contributed by atoms with Crippen molar-refractivity contribution in [1.29, 1.82) is 0 Å². The van der Waals surface area contributed by atoms with Gasteiger partial charge in [0.15, 0.2) is 0 Å². The molecule has 0 amide bonds. The molecule has 0 saturated carbocycles. The number of methoxy groups -OCH3 is 1. The number of para-hydroxylation sites is 1. The highest BCUT2D eigenvalue weighted by molar-refractivity contribution is 5.88. The molecule has 1 aromatic carbocycles. The van der Waals surface area contributed by atoms with Gasteiger partial charge in [-0.1, -0.05) is 18.2 Å². The van der Waals surface area contributed by atoms with Crippen molar-refractivity contribution in [3.8, 4) is 5.75 Å². The molecule has 0 radical (unpaired) electrons. The largest absolute Gasteiger partial charge is 0.496 e. The van der Waals surface area contributed by atoms with Gasteiger partial charge >= 0.3 is 5.97 Å². The minimum absolute atomic E-state index is 0.153. The number of nitrogens with zero attached hydrogens (tertiary/aromatic N) is 3. The number of aromatic nitrogens is 4. The lowest BCUT2D eigenvalue weighted by molar-refractivity contribution is 0.0523. The van der Waals surface area contributed by atoms with Crippen LogP contribution >= 0.6 is 0 Å². The third-order valence-corrected chi connectivity index (χ3v) is 3.51. The maximum absolute atomic E-state index is 12.3. The lowest BCUT2D eigenvalue weighted by atomic mass is 10.2. The second-order valence-corrected chi connectivity index (χ2v) is 5.07. The molecule has 0 aliphatic rings. The molecular weight excluding hydrogens is 326 g/mol. The van der Waals surface area contributed by atoms with Gasteiger partial charge in [0, 0.05) is 12.1 Å². The summed E-state index contributed by atoms with van der Waals surface area (Å²) in [5.41, 5.74) is 0.207.